The van der Waals surface area contributed by atoms with Crippen molar-refractivity contribution in [3.05, 3.63) is 24.7 Å². The molecule has 2 aromatic heterocycles. The lowest BCUT2D eigenvalue weighted by Crippen LogP contribution is -2.01. The first kappa shape index (κ1) is 9.64. The highest BCUT2D eigenvalue weighted by Crippen LogP contribution is 2.16. The van der Waals surface area contributed by atoms with Crippen molar-refractivity contribution >= 4 is 5.82 Å². The van der Waals surface area contributed by atoms with Crippen LogP contribution in [0, 0.1) is 0 Å². The molecule has 0 unspecified atom stereocenters. The van der Waals surface area contributed by atoms with E-state index >= 15 is 0 Å². The van der Waals surface area contributed by atoms with Crippen LogP contribution >= 0.6 is 0 Å². The molecule has 0 aliphatic carbocycles. The predicted molar refractivity (Wildman–Crippen MR) is 58.5 cm³/mol. The predicted octanol–water partition coefficient (Wildman–Crippen LogP) is 1.40. The maximum atomic E-state index is 4.41. The second-order valence-corrected chi connectivity index (χ2v) is 3.07. The second-order valence-electron chi connectivity index (χ2n) is 3.07. The van der Waals surface area contributed by atoms with Crippen LogP contribution in [0.2, 0.25) is 0 Å². The second kappa shape index (κ2) is 4.08. The van der Waals surface area contributed by atoms with Gasteiger partial charge in [-0.15, -0.1) is 0 Å². The van der Waals surface area contributed by atoms with Gasteiger partial charge < -0.3 is 5.32 Å². The largest absolute Gasteiger partial charge is 0.372 e. The molecule has 78 valence electrons. The zero-order chi connectivity index (χ0) is 10.7. The first-order chi connectivity index (χ1) is 7.35. The van der Waals surface area contributed by atoms with Crippen molar-refractivity contribution in [3.63, 3.8) is 0 Å². The summed E-state index contributed by atoms with van der Waals surface area (Å²) in [6.45, 7) is 2.87. The summed E-state index contributed by atoms with van der Waals surface area (Å²) in [6, 6.07) is 1.94. The number of rotatable bonds is 3. The van der Waals surface area contributed by atoms with Crippen molar-refractivity contribution in [1.29, 1.82) is 0 Å². The Morgan fingerprint density at radius 2 is 2.27 bits per heavy atom. The standard InChI is InChI=1S/C10H13N5/c1-3-15-9(4-5-13-15)8-6-12-7-10(11-2)14-8/h4-7H,3H2,1-2H3,(H,11,14). The third kappa shape index (κ3) is 1.81. The molecule has 15 heavy (non-hydrogen) atoms. The summed E-state index contributed by atoms with van der Waals surface area (Å²) in [7, 11) is 1.82. The molecule has 5 heteroatoms. The lowest BCUT2D eigenvalue weighted by molar-refractivity contribution is 0.665. The van der Waals surface area contributed by atoms with E-state index in [-0.39, 0.29) is 0 Å². The molecule has 0 saturated heterocycles. The van der Waals surface area contributed by atoms with Gasteiger partial charge in [0.05, 0.1) is 18.1 Å². The van der Waals surface area contributed by atoms with E-state index in [4.69, 9.17) is 0 Å². The maximum absolute atomic E-state index is 4.41. The van der Waals surface area contributed by atoms with Crippen LogP contribution < -0.4 is 5.32 Å². The van der Waals surface area contributed by atoms with E-state index in [0.717, 1.165) is 23.8 Å². The molecule has 2 aromatic rings. The fourth-order valence-corrected chi connectivity index (χ4v) is 1.41. The fourth-order valence-electron chi connectivity index (χ4n) is 1.41. The normalized spacial score (nSPS) is 10.3. The van der Waals surface area contributed by atoms with Crippen LogP contribution in [-0.4, -0.2) is 26.8 Å². The molecule has 5 nitrogen and oxygen atoms in total. The van der Waals surface area contributed by atoms with Crippen LogP contribution in [0.15, 0.2) is 24.7 Å². The van der Waals surface area contributed by atoms with E-state index in [1.54, 1.807) is 18.6 Å². The van der Waals surface area contributed by atoms with Crippen molar-refractivity contribution in [1.82, 2.24) is 19.7 Å². The quantitative estimate of drug-likeness (QED) is 0.819. The van der Waals surface area contributed by atoms with Gasteiger partial charge in [-0.05, 0) is 13.0 Å². The number of nitrogens with one attached hydrogen (secondary N) is 1. The van der Waals surface area contributed by atoms with Gasteiger partial charge >= 0.3 is 0 Å². The summed E-state index contributed by atoms with van der Waals surface area (Å²) in [6.07, 6.45) is 5.20. The van der Waals surface area contributed by atoms with E-state index in [2.05, 4.69) is 20.4 Å². The van der Waals surface area contributed by atoms with E-state index in [9.17, 15) is 0 Å². The molecule has 0 aliphatic rings. The van der Waals surface area contributed by atoms with Gasteiger partial charge in [-0.2, -0.15) is 5.10 Å². The van der Waals surface area contributed by atoms with Gasteiger partial charge in [-0.3, -0.25) is 9.67 Å². The van der Waals surface area contributed by atoms with Crippen molar-refractivity contribution in [2.45, 2.75) is 13.5 Å². The molecule has 0 atom stereocenters. The Morgan fingerprint density at radius 1 is 1.40 bits per heavy atom. The molecule has 0 bridgehead atoms. The third-order valence-electron chi connectivity index (χ3n) is 2.17. The summed E-state index contributed by atoms with van der Waals surface area (Å²) in [5.74, 6) is 0.761. The van der Waals surface area contributed by atoms with E-state index in [0.29, 0.717) is 0 Å². The Labute approximate surface area is 88.2 Å². The molecule has 2 heterocycles. The Balaban J connectivity index is 2.44. The number of aromatic nitrogens is 4. The third-order valence-corrected chi connectivity index (χ3v) is 2.17. The molecule has 2 rings (SSSR count). The SMILES string of the molecule is CCn1nccc1-c1cncc(NC)n1. The zero-order valence-electron chi connectivity index (χ0n) is 8.81. The van der Waals surface area contributed by atoms with Gasteiger partial charge in [-0.1, -0.05) is 0 Å². The van der Waals surface area contributed by atoms with Crippen LogP contribution in [-0.2, 0) is 6.54 Å². The Kier molecular flexibility index (Phi) is 2.62. The molecular formula is C10H13N5. The minimum Gasteiger partial charge on any atom is -0.372 e. The number of nitrogens with zero attached hydrogens (tertiary/aromatic N) is 4. The molecule has 0 aromatic carbocycles. The Morgan fingerprint density at radius 3 is 3.00 bits per heavy atom. The van der Waals surface area contributed by atoms with Crippen LogP contribution in [0.1, 0.15) is 6.92 Å². The van der Waals surface area contributed by atoms with Crippen molar-refractivity contribution in [3.8, 4) is 11.4 Å². The topological polar surface area (TPSA) is 55.6 Å². The van der Waals surface area contributed by atoms with Crippen molar-refractivity contribution in [2.24, 2.45) is 0 Å². The van der Waals surface area contributed by atoms with Gasteiger partial charge in [0.25, 0.3) is 0 Å². The zero-order valence-corrected chi connectivity index (χ0v) is 8.81. The van der Waals surface area contributed by atoms with E-state index in [1.807, 2.05) is 24.7 Å². The molecule has 0 amide bonds. The highest BCUT2D eigenvalue weighted by Gasteiger charge is 2.06. The van der Waals surface area contributed by atoms with Gasteiger partial charge in [0.15, 0.2) is 0 Å². The molecular weight excluding hydrogens is 190 g/mol. The van der Waals surface area contributed by atoms with Gasteiger partial charge in [-0.25, -0.2) is 4.98 Å². The van der Waals surface area contributed by atoms with Gasteiger partial charge in [0.1, 0.15) is 11.5 Å². The van der Waals surface area contributed by atoms with Crippen LogP contribution in [0.25, 0.3) is 11.4 Å². The highest BCUT2D eigenvalue weighted by atomic mass is 15.3. The number of hydrogen-bond donors (Lipinski definition) is 1. The Bertz CT molecular complexity index is 449. The summed E-state index contributed by atoms with van der Waals surface area (Å²) in [5, 5.41) is 7.16. The first-order valence-electron chi connectivity index (χ1n) is 4.87. The molecule has 0 radical (unpaired) electrons. The number of aryl methyl sites for hydroxylation is 1. The molecule has 0 aliphatic heterocycles. The van der Waals surface area contributed by atoms with E-state index in [1.165, 1.54) is 0 Å². The van der Waals surface area contributed by atoms with Crippen molar-refractivity contribution < 1.29 is 0 Å². The van der Waals surface area contributed by atoms with E-state index < -0.39 is 0 Å². The molecule has 0 saturated carbocycles. The number of hydrogen-bond acceptors (Lipinski definition) is 4. The van der Waals surface area contributed by atoms with Crippen molar-refractivity contribution in [2.75, 3.05) is 12.4 Å². The molecule has 0 fully saturated rings. The molecule has 0 spiro atoms. The minimum absolute atomic E-state index is 0.761. The highest BCUT2D eigenvalue weighted by molar-refractivity contribution is 5.55. The Hall–Kier alpha value is -1.91. The fraction of sp³-hybridized carbons (Fsp3) is 0.300. The van der Waals surface area contributed by atoms with Crippen LogP contribution in [0.3, 0.4) is 0 Å². The average molecular weight is 203 g/mol. The average Bonchev–Trinajstić information content (AvgIpc) is 2.77. The monoisotopic (exact) mass is 203 g/mol. The van der Waals surface area contributed by atoms with Crippen LogP contribution in [0.4, 0.5) is 5.82 Å². The van der Waals surface area contributed by atoms with Gasteiger partial charge in [0, 0.05) is 19.8 Å². The maximum Gasteiger partial charge on any atom is 0.145 e. The van der Waals surface area contributed by atoms with Gasteiger partial charge in [0.2, 0.25) is 0 Å². The lowest BCUT2D eigenvalue weighted by Gasteiger charge is -2.05. The first-order valence-corrected chi connectivity index (χ1v) is 4.87. The summed E-state index contributed by atoms with van der Waals surface area (Å²) in [4.78, 5) is 8.53. The summed E-state index contributed by atoms with van der Waals surface area (Å²) in [5.41, 5.74) is 1.82. The molecule has 1 N–H and O–H groups in total. The summed E-state index contributed by atoms with van der Waals surface area (Å²) < 4.78 is 1.89. The lowest BCUT2D eigenvalue weighted by atomic mass is 10.3. The van der Waals surface area contributed by atoms with Crippen LogP contribution in [0.5, 0.6) is 0 Å². The smallest absolute Gasteiger partial charge is 0.145 e. The summed E-state index contributed by atoms with van der Waals surface area (Å²) >= 11 is 0. The minimum atomic E-state index is 0.761. The number of anilines is 1.